The number of carbonyl (C=O) groups excluding carboxylic acids is 1. The molecule has 1 heterocycles. The van der Waals surface area contributed by atoms with E-state index < -0.39 is 48.7 Å². The van der Waals surface area contributed by atoms with Crippen LogP contribution in [0.4, 0.5) is 0 Å². The van der Waals surface area contributed by atoms with Crippen LogP contribution in [-0.2, 0) is 22.8 Å². The van der Waals surface area contributed by atoms with Crippen molar-refractivity contribution in [3.63, 3.8) is 0 Å². The number of ether oxygens (including phenoxy) is 1. The molecule has 3 aromatic carbocycles. The second kappa shape index (κ2) is 25.6. The van der Waals surface area contributed by atoms with Gasteiger partial charge in [-0.15, -0.1) is 24.5 Å². The predicted molar refractivity (Wildman–Crippen MR) is 299 cm³/mol. The summed E-state index contributed by atoms with van der Waals surface area (Å²) >= 11 is 1.61. The number of carbonyl (C=O) groups is 1. The van der Waals surface area contributed by atoms with E-state index in [2.05, 4.69) is 191 Å². The highest BCUT2D eigenvalue weighted by Crippen LogP contribution is 2.46. The fraction of sp³-hybridized carbons (Fsp3) is 0.517. The van der Waals surface area contributed by atoms with Crippen LogP contribution >= 0.6 is 11.3 Å². The molecule has 68 heavy (non-hydrogen) atoms. The number of nitrogens with zero attached hydrogens (tertiary/aromatic N) is 1. The zero-order chi connectivity index (χ0) is 50.3. The topological polar surface area (TPSA) is 66.9 Å². The average molecular weight is 995 g/mol. The Morgan fingerprint density at radius 3 is 1.72 bits per heavy atom. The Balaban J connectivity index is 2.06. The molecule has 6 atom stereocenters. The maximum atomic E-state index is 14.9. The number of hydrogen-bond acceptors (Lipinski definition) is 7. The molecule has 0 aliphatic rings. The molecule has 4 aromatic rings. The molecule has 0 saturated heterocycles. The number of aryl methyl sites for hydroxylation is 1. The van der Waals surface area contributed by atoms with E-state index in [1.54, 1.807) is 11.3 Å². The molecule has 0 spiro atoms. The van der Waals surface area contributed by atoms with Crippen molar-refractivity contribution in [1.82, 2.24) is 4.98 Å². The standard InChI is InChI=1S/C58H87NO5SSi3/c1-17-22-26-34-44(6)55(63-66(15,16)57(10,11)12)46(8)56(64-68(49-35-27-23-28-36-49,50-37-29-24-30-38-50)51-39-31-25-32-40-51)58(13,14)53(62-67(19-3,20-4)21-5)42-54(60)61-52(33-18-2)45(7)41-48-43-65-47(9)59-48/h17-18,23-25,27-32,35-41,43-44,46,52-53,55-56H,1-2,19-22,26,33-34,42H2,3-16H3/b45-41-/t44-,46+,52-,53-,55-,56+/m0/s1. The second-order valence-electron chi connectivity index (χ2n) is 21.3. The maximum absolute atomic E-state index is 14.9. The van der Waals surface area contributed by atoms with Gasteiger partial charge in [0, 0.05) is 23.1 Å². The number of thiazole rings is 1. The van der Waals surface area contributed by atoms with E-state index in [1.807, 2.05) is 37.5 Å². The molecule has 0 radical (unpaired) electrons. The van der Waals surface area contributed by atoms with Gasteiger partial charge in [0.2, 0.25) is 0 Å². The highest BCUT2D eigenvalue weighted by Gasteiger charge is 2.54. The highest BCUT2D eigenvalue weighted by atomic mass is 32.1. The van der Waals surface area contributed by atoms with Crippen LogP contribution in [-0.4, -0.2) is 60.3 Å². The number of allylic oxidation sites excluding steroid dienone is 1. The molecule has 372 valence electrons. The molecule has 0 bridgehead atoms. The van der Waals surface area contributed by atoms with Gasteiger partial charge in [-0.1, -0.05) is 172 Å². The lowest BCUT2D eigenvalue weighted by atomic mass is 9.71. The second-order valence-corrected chi connectivity index (χ2v) is 35.1. The third kappa shape index (κ3) is 14.3. The monoisotopic (exact) mass is 994 g/mol. The Labute approximate surface area is 420 Å². The van der Waals surface area contributed by atoms with E-state index in [-0.39, 0.29) is 35.4 Å². The Kier molecular flexibility index (Phi) is 21.5. The van der Waals surface area contributed by atoms with Gasteiger partial charge < -0.3 is 18.0 Å². The van der Waals surface area contributed by atoms with Crippen LogP contribution in [0.15, 0.2) is 127 Å². The van der Waals surface area contributed by atoms with E-state index >= 15 is 0 Å². The Morgan fingerprint density at radius 2 is 1.29 bits per heavy atom. The van der Waals surface area contributed by atoms with E-state index in [0.717, 1.165) is 69.2 Å². The number of esters is 1. The summed E-state index contributed by atoms with van der Waals surface area (Å²) in [4.78, 5) is 19.6. The van der Waals surface area contributed by atoms with Crippen molar-refractivity contribution in [1.29, 1.82) is 0 Å². The van der Waals surface area contributed by atoms with Gasteiger partial charge in [0.1, 0.15) is 6.10 Å². The predicted octanol–water partition coefficient (Wildman–Crippen LogP) is 14.2. The van der Waals surface area contributed by atoms with E-state index in [4.69, 9.17) is 18.0 Å². The lowest BCUT2D eigenvalue weighted by molar-refractivity contribution is -0.153. The smallest absolute Gasteiger partial charge is 0.309 e. The SMILES string of the molecule is C=CCCC[C@H](C)[C@H](O[Si](C)(C)C(C)(C)C)[C@@H](C)[C@@H](O[Si](c1ccccc1)(c1ccccc1)c1ccccc1)C(C)(C)[C@H](CC(=O)O[C@@H](CC=C)/C(C)=C\c1csc(C)n1)O[Si](CC)(CC)CC. The van der Waals surface area contributed by atoms with Crippen molar-refractivity contribution in [3.8, 4) is 0 Å². The molecule has 6 nitrogen and oxygen atoms in total. The fourth-order valence-corrected chi connectivity index (χ4v) is 18.9. The largest absolute Gasteiger partial charge is 0.457 e. The van der Waals surface area contributed by atoms with Crippen molar-refractivity contribution in [3.05, 3.63) is 138 Å². The van der Waals surface area contributed by atoms with Gasteiger partial charge in [-0.3, -0.25) is 4.79 Å². The molecule has 0 aliphatic heterocycles. The molecule has 10 heteroatoms. The number of unbranched alkanes of at least 4 members (excludes halogenated alkanes) is 1. The average Bonchev–Trinajstić information content (AvgIpc) is 3.73. The van der Waals surface area contributed by atoms with Gasteiger partial charge in [-0.05, 0) is 103 Å². The molecule has 0 fully saturated rings. The van der Waals surface area contributed by atoms with Crippen LogP contribution in [0.3, 0.4) is 0 Å². The minimum atomic E-state index is -3.36. The van der Waals surface area contributed by atoms with Crippen LogP contribution in [0.2, 0.25) is 36.3 Å². The summed E-state index contributed by atoms with van der Waals surface area (Å²) in [5.74, 6) is -0.221. The first kappa shape index (κ1) is 57.1. The Morgan fingerprint density at radius 1 is 0.779 bits per heavy atom. The quantitative estimate of drug-likeness (QED) is 0.0186. The van der Waals surface area contributed by atoms with Gasteiger partial charge in [0.05, 0.1) is 35.4 Å². The van der Waals surface area contributed by atoms with Crippen LogP contribution in [0.1, 0.15) is 119 Å². The highest BCUT2D eigenvalue weighted by molar-refractivity contribution is 7.09. The summed E-state index contributed by atoms with van der Waals surface area (Å²) in [6, 6.07) is 35.4. The van der Waals surface area contributed by atoms with Gasteiger partial charge in [-0.25, -0.2) is 4.98 Å². The van der Waals surface area contributed by atoms with Gasteiger partial charge in [-0.2, -0.15) is 0 Å². The summed E-state index contributed by atoms with van der Waals surface area (Å²) in [5.41, 5.74) is 1.04. The first-order chi connectivity index (χ1) is 32.1. The maximum Gasteiger partial charge on any atom is 0.309 e. The molecule has 0 amide bonds. The summed E-state index contributed by atoms with van der Waals surface area (Å²) in [7, 11) is -8.08. The summed E-state index contributed by atoms with van der Waals surface area (Å²) < 4.78 is 30.5. The normalized spacial score (nSPS) is 15.8. The van der Waals surface area contributed by atoms with Crippen molar-refractivity contribution >= 4 is 63.9 Å². The van der Waals surface area contributed by atoms with Gasteiger partial charge in [0.25, 0.3) is 8.32 Å². The lowest BCUT2D eigenvalue weighted by Crippen LogP contribution is -2.72. The minimum Gasteiger partial charge on any atom is -0.457 e. The molecular weight excluding hydrogens is 907 g/mol. The van der Waals surface area contributed by atoms with Crippen LogP contribution < -0.4 is 15.6 Å². The molecule has 0 unspecified atom stereocenters. The third-order valence-electron chi connectivity index (χ3n) is 15.1. The van der Waals surface area contributed by atoms with E-state index in [9.17, 15) is 4.79 Å². The number of benzene rings is 3. The first-order valence-corrected chi connectivity index (χ1v) is 33.6. The zero-order valence-electron chi connectivity index (χ0n) is 44.4. The zero-order valence-corrected chi connectivity index (χ0v) is 48.2. The van der Waals surface area contributed by atoms with Crippen molar-refractivity contribution in [2.45, 2.75) is 176 Å². The molecule has 4 rings (SSSR count). The van der Waals surface area contributed by atoms with Crippen molar-refractivity contribution in [2.24, 2.45) is 17.3 Å². The summed E-state index contributed by atoms with van der Waals surface area (Å²) in [6.07, 6.45) is 7.76. The summed E-state index contributed by atoms with van der Waals surface area (Å²) in [5, 5.41) is 6.49. The molecule has 0 aliphatic carbocycles. The van der Waals surface area contributed by atoms with Gasteiger partial charge >= 0.3 is 5.97 Å². The Bertz CT molecular complexity index is 2080. The number of hydrogen-bond donors (Lipinski definition) is 0. The fourth-order valence-electron chi connectivity index (χ4n) is 9.58. The van der Waals surface area contributed by atoms with Crippen LogP contribution in [0.25, 0.3) is 6.08 Å². The van der Waals surface area contributed by atoms with Gasteiger partial charge in [0.15, 0.2) is 16.6 Å². The Hall–Kier alpha value is -3.49. The first-order valence-electron chi connectivity index (χ1n) is 25.4. The minimum absolute atomic E-state index is 0.0227. The number of aromatic nitrogens is 1. The third-order valence-corrected chi connectivity index (χ3v) is 29.1. The van der Waals surface area contributed by atoms with Crippen LogP contribution in [0.5, 0.6) is 0 Å². The molecular formula is C58H87NO5SSi3. The summed E-state index contributed by atoms with van der Waals surface area (Å²) in [6.45, 7) is 40.0. The van der Waals surface area contributed by atoms with Crippen molar-refractivity contribution in [2.75, 3.05) is 0 Å². The lowest BCUT2D eigenvalue weighted by Gasteiger charge is -2.52. The van der Waals surface area contributed by atoms with Crippen LogP contribution in [0, 0.1) is 24.2 Å². The number of rotatable bonds is 28. The molecule has 0 N–H and O–H groups in total. The van der Waals surface area contributed by atoms with E-state index in [1.165, 1.54) is 0 Å². The van der Waals surface area contributed by atoms with Crippen molar-refractivity contribution < 1.29 is 22.8 Å². The molecule has 0 saturated carbocycles. The molecule has 1 aromatic heterocycles. The van der Waals surface area contributed by atoms with E-state index in [0.29, 0.717) is 6.42 Å².